The second-order valence-corrected chi connectivity index (χ2v) is 9.87. The molecule has 1 amide bonds. The molecule has 0 saturated heterocycles. The molecular weight excluding hydrogens is 440 g/mol. The van der Waals surface area contributed by atoms with Crippen LogP contribution >= 0.6 is 0 Å². The molecule has 0 aliphatic carbocycles. The Morgan fingerprint density at radius 3 is 2.61 bits per heavy atom. The summed E-state index contributed by atoms with van der Waals surface area (Å²) in [6, 6.07) is 20.7. The lowest BCUT2D eigenvalue weighted by Crippen LogP contribution is -2.35. The van der Waals surface area contributed by atoms with Crippen LogP contribution in [-0.4, -0.2) is 41.6 Å². The number of nitrogens with zero attached hydrogens (tertiary/aromatic N) is 1. The largest absolute Gasteiger partial charge is 0.497 e. The first-order valence-corrected chi connectivity index (χ1v) is 12.0. The molecule has 0 aromatic heterocycles. The molecule has 0 radical (unpaired) electrons. The van der Waals surface area contributed by atoms with Gasteiger partial charge in [-0.15, -0.1) is 0 Å². The molecule has 0 unspecified atom stereocenters. The smallest absolute Gasteiger partial charge is 0.264 e. The summed E-state index contributed by atoms with van der Waals surface area (Å²) in [6.45, 7) is 0.967. The number of fused-ring (bicyclic) bond motifs is 1. The van der Waals surface area contributed by atoms with Crippen molar-refractivity contribution in [3.63, 3.8) is 0 Å². The third kappa shape index (κ3) is 4.96. The van der Waals surface area contributed by atoms with Gasteiger partial charge in [0.1, 0.15) is 11.5 Å². The summed E-state index contributed by atoms with van der Waals surface area (Å²) in [5.74, 6) is 1.35. The first kappa shape index (κ1) is 22.7. The van der Waals surface area contributed by atoms with Gasteiger partial charge < -0.3 is 14.8 Å². The van der Waals surface area contributed by atoms with Crippen LogP contribution in [0.3, 0.4) is 0 Å². The Bertz CT molecular complexity index is 1240. The SMILES string of the molecule is COc1ccc(N(C)S(=O)(=O)c2cccc(C(=O)NC[C@H]3COc4ccccc4C3)c2)cc1. The zero-order valence-electron chi connectivity index (χ0n) is 18.5. The predicted octanol–water partition coefficient (Wildman–Crippen LogP) is 3.50. The number of benzene rings is 3. The lowest BCUT2D eigenvalue weighted by molar-refractivity contribution is 0.0939. The van der Waals surface area contributed by atoms with E-state index in [1.165, 1.54) is 23.5 Å². The van der Waals surface area contributed by atoms with Crippen molar-refractivity contribution in [2.75, 3.05) is 31.6 Å². The van der Waals surface area contributed by atoms with E-state index >= 15 is 0 Å². The van der Waals surface area contributed by atoms with Crippen LogP contribution in [0, 0.1) is 5.92 Å². The number of hydrogen-bond donors (Lipinski definition) is 1. The first-order chi connectivity index (χ1) is 15.9. The highest BCUT2D eigenvalue weighted by Crippen LogP contribution is 2.27. The van der Waals surface area contributed by atoms with Crippen LogP contribution < -0.4 is 19.1 Å². The number of rotatable bonds is 7. The van der Waals surface area contributed by atoms with E-state index < -0.39 is 10.0 Å². The van der Waals surface area contributed by atoms with Crippen molar-refractivity contribution in [2.45, 2.75) is 11.3 Å². The summed E-state index contributed by atoms with van der Waals surface area (Å²) in [4.78, 5) is 12.8. The average molecular weight is 467 g/mol. The molecule has 7 nitrogen and oxygen atoms in total. The maximum absolute atomic E-state index is 13.1. The fraction of sp³-hybridized carbons (Fsp3) is 0.240. The van der Waals surface area contributed by atoms with E-state index in [1.54, 1.807) is 43.5 Å². The summed E-state index contributed by atoms with van der Waals surface area (Å²) < 4.78 is 38.3. The van der Waals surface area contributed by atoms with Gasteiger partial charge in [-0.1, -0.05) is 24.3 Å². The molecule has 0 bridgehead atoms. The van der Waals surface area contributed by atoms with E-state index in [2.05, 4.69) is 5.32 Å². The fourth-order valence-electron chi connectivity index (χ4n) is 3.75. The lowest BCUT2D eigenvalue weighted by Gasteiger charge is -2.25. The van der Waals surface area contributed by atoms with Gasteiger partial charge in [0.2, 0.25) is 0 Å². The number of para-hydroxylation sites is 1. The van der Waals surface area contributed by atoms with Gasteiger partial charge in [-0.2, -0.15) is 0 Å². The molecule has 3 aromatic carbocycles. The molecule has 8 heteroatoms. The molecular formula is C25H26N2O5S. The number of amides is 1. The number of methoxy groups -OCH3 is 1. The molecule has 172 valence electrons. The van der Waals surface area contributed by atoms with Crippen molar-refractivity contribution in [1.82, 2.24) is 5.32 Å². The van der Waals surface area contributed by atoms with Gasteiger partial charge in [-0.25, -0.2) is 8.42 Å². The van der Waals surface area contributed by atoms with Crippen molar-refractivity contribution in [3.8, 4) is 11.5 Å². The highest BCUT2D eigenvalue weighted by molar-refractivity contribution is 7.92. The minimum Gasteiger partial charge on any atom is -0.497 e. The summed E-state index contributed by atoms with van der Waals surface area (Å²) >= 11 is 0. The van der Waals surface area contributed by atoms with Crippen LogP contribution in [0.1, 0.15) is 15.9 Å². The second kappa shape index (κ2) is 9.54. The minimum absolute atomic E-state index is 0.0448. The normalized spacial score (nSPS) is 15.2. The Kier molecular flexibility index (Phi) is 6.55. The summed E-state index contributed by atoms with van der Waals surface area (Å²) in [6.07, 6.45) is 0.817. The lowest BCUT2D eigenvalue weighted by atomic mass is 9.96. The Morgan fingerprint density at radius 2 is 1.85 bits per heavy atom. The topological polar surface area (TPSA) is 84.9 Å². The molecule has 1 aliphatic heterocycles. The monoisotopic (exact) mass is 466 g/mol. The highest BCUT2D eigenvalue weighted by atomic mass is 32.2. The molecule has 3 aromatic rings. The molecule has 1 atom stereocenters. The number of carbonyl (C=O) groups excluding carboxylic acids is 1. The third-order valence-electron chi connectivity index (χ3n) is 5.70. The molecule has 0 spiro atoms. The van der Waals surface area contributed by atoms with Crippen LogP contribution in [0.2, 0.25) is 0 Å². The van der Waals surface area contributed by atoms with Gasteiger partial charge >= 0.3 is 0 Å². The van der Waals surface area contributed by atoms with Crippen molar-refractivity contribution in [1.29, 1.82) is 0 Å². The molecule has 1 N–H and O–H groups in total. The number of carbonyl (C=O) groups is 1. The van der Waals surface area contributed by atoms with Crippen LogP contribution in [-0.2, 0) is 16.4 Å². The zero-order valence-corrected chi connectivity index (χ0v) is 19.3. The van der Waals surface area contributed by atoms with Gasteiger partial charge in [0.25, 0.3) is 15.9 Å². The molecule has 1 heterocycles. The maximum Gasteiger partial charge on any atom is 0.264 e. The number of nitrogens with one attached hydrogen (secondary N) is 1. The van der Waals surface area contributed by atoms with Crippen LogP contribution in [0.25, 0.3) is 0 Å². The van der Waals surface area contributed by atoms with Gasteiger partial charge in [-0.05, 0) is 60.5 Å². The Hall–Kier alpha value is -3.52. The van der Waals surface area contributed by atoms with E-state index in [0.717, 1.165) is 17.7 Å². The Balaban J connectivity index is 1.43. The fourth-order valence-corrected chi connectivity index (χ4v) is 4.99. The van der Waals surface area contributed by atoms with E-state index in [-0.39, 0.29) is 22.3 Å². The van der Waals surface area contributed by atoms with Crippen molar-refractivity contribution < 1.29 is 22.7 Å². The molecule has 0 saturated carbocycles. The van der Waals surface area contributed by atoms with Gasteiger partial charge in [0.05, 0.1) is 24.3 Å². The second-order valence-electron chi connectivity index (χ2n) is 7.90. The average Bonchev–Trinajstić information content (AvgIpc) is 2.86. The molecule has 4 rings (SSSR count). The predicted molar refractivity (Wildman–Crippen MR) is 126 cm³/mol. The van der Waals surface area contributed by atoms with Crippen LogP contribution in [0.4, 0.5) is 5.69 Å². The minimum atomic E-state index is -3.84. The van der Waals surface area contributed by atoms with Gasteiger partial charge in [-0.3, -0.25) is 9.10 Å². The Labute approximate surface area is 194 Å². The summed E-state index contributed by atoms with van der Waals surface area (Å²) in [7, 11) is -0.819. The standard InChI is InChI=1S/C25H26N2O5S/c1-27(21-10-12-22(31-2)13-11-21)33(29,30)23-8-5-7-20(15-23)25(28)26-16-18-14-19-6-3-4-9-24(19)32-17-18/h3-13,15,18H,14,16-17H2,1-2H3,(H,26,28)/t18-/m0/s1. The first-order valence-electron chi connectivity index (χ1n) is 10.6. The number of hydrogen-bond acceptors (Lipinski definition) is 5. The number of anilines is 1. The zero-order chi connectivity index (χ0) is 23.4. The molecule has 1 aliphatic rings. The van der Waals surface area contributed by atoms with E-state index in [9.17, 15) is 13.2 Å². The molecule has 33 heavy (non-hydrogen) atoms. The van der Waals surface area contributed by atoms with Crippen LogP contribution in [0.15, 0.2) is 77.7 Å². The Morgan fingerprint density at radius 1 is 1.09 bits per heavy atom. The number of ether oxygens (including phenoxy) is 2. The van der Waals surface area contributed by atoms with E-state index in [1.807, 2.05) is 24.3 Å². The van der Waals surface area contributed by atoms with Crippen molar-refractivity contribution in [2.24, 2.45) is 5.92 Å². The summed E-state index contributed by atoms with van der Waals surface area (Å²) in [5.41, 5.74) is 1.90. The van der Waals surface area contributed by atoms with Gasteiger partial charge in [0, 0.05) is 25.1 Å². The maximum atomic E-state index is 13.1. The third-order valence-corrected chi connectivity index (χ3v) is 7.48. The highest BCUT2D eigenvalue weighted by Gasteiger charge is 2.24. The summed E-state index contributed by atoms with van der Waals surface area (Å²) in [5, 5.41) is 2.91. The van der Waals surface area contributed by atoms with Gasteiger partial charge in [0.15, 0.2) is 0 Å². The quantitative estimate of drug-likeness (QED) is 0.576. The number of sulfonamides is 1. The molecule has 0 fully saturated rings. The van der Waals surface area contributed by atoms with Crippen molar-refractivity contribution in [3.05, 3.63) is 83.9 Å². The van der Waals surface area contributed by atoms with E-state index in [4.69, 9.17) is 9.47 Å². The van der Waals surface area contributed by atoms with E-state index in [0.29, 0.717) is 24.6 Å². The van der Waals surface area contributed by atoms with Crippen LogP contribution in [0.5, 0.6) is 11.5 Å². The van der Waals surface area contributed by atoms with Crippen molar-refractivity contribution >= 4 is 21.6 Å².